The summed E-state index contributed by atoms with van der Waals surface area (Å²) in [5.41, 5.74) is 0. The molecule has 0 aromatic carbocycles. The Morgan fingerprint density at radius 1 is 1.73 bits per heavy atom. The van der Waals surface area contributed by atoms with Crippen LogP contribution in [0.15, 0.2) is 0 Å². The lowest BCUT2D eigenvalue weighted by molar-refractivity contribution is 0.108. The summed E-state index contributed by atoms with van der Waals surface area (Å²) >= 11 is 0. The molecule has 0 unspecified atom stereocenters. The summed E-state index contributed by atoms with van der Waals surface area (Å²) in [5, 5.41) is 12.3. The van der Waals surface area contributed by atoms with Gasteiger partial charge in [0.2, 0.25) is 0 Å². The smallest absolute Gasteiger partial charge is 0.0700 e. The molecule has 1 rings (SSSR count). The topological polar surface area (TPSA) is 41.5 Å². The SMILES string of the molecule is C[C@H](O)CN[C@H]1CCO[C@H]1C. The van der Waals surface area contributed by atoms with Crippen LogP contribution in [-0.4, -0.2) is 36.5 Å². The summed E-state index contributed by atoms with van der Waals surface area (Å²) in [6.07, 6.45) is 1.10. The van der Waals surface area contributed by atoms with Crippen molar-refractivity contribution in [2.24, 2.45) is 0 Å². The van der Waals surface area contributed by atoms with E-state index < -0.39 is 0 Å². The van der Waals surface area contributed by atoms with Gasteiger partial charge in [-0.05, 0) is 20.3 Å². The van der Waals surface area contributed by atoms with Crippen molar-refractivity contribution in [3.63, 3.8) is 0 Å². The van der Waals surface area contributed by atoms with E-state index in [0.29, 0.717) is 18.7 Å². The second-order valence-electron chi connectivity index (χ2n) is 3.23. The fourth-order valence-corrected chi connectivity index (χ4v) is 1.32. The van der Waals surface area contributed by atoms with E-state index in [2.05, 4.69) is 12.2 Å². The molecule has 11 heavy (non-hydrogen) atoms. The fraction of sp³-hybridized carbons (Fsp3) is 1.00. The van der Waals surface area contributed by atoms with Crippen molar-refractivity contribution in [2.75, 3.05) is 13.2 Å². The van der Waals surface area contributed by atoms with E-state index in [4.69, 9.17) is 9.84 Å². The second kappa shape index (κ2) is 4.04. The molecule has 2 N–H and O–H groups in total. The van der Waals surface area contributed by atoms with Gasteiger partial charge < -0.3 is 15.2 Å². The van der Waals surface area contributed by atoms with Crippen LogP contribution < -0.4 is 5.32 Å². The Morgan fingerprint density at radius 2 is 2.45 bits per heavy atom. The van der Waals surface area contributed by atoms with Crippen LogP contribution in [0.4, 0.5) is 0 Å². The highest BCUT2D eigenvalue weighted by molar-refractivity contribution is 4.79. The summed E-state index contributed by atoms with van der Waals surface area (Å²) in [5.74, 6) is 0. The van der Waals surface area contributed by atoms with Gasteiger partial charge in [0.15, 0.2) is 0 Å². The van der Waals surface area contributed by atoms with Crippen molar-refractivity contribution in [2.45, 2.75) is 38.5 Å². The average molecular weight is 159 g/mol. The Morgan fingerprint density at radius 3 is 2.91 bits per heavy atom. The molecule has 0 spiro atoms. The van der Waals surface area contributed by atoms with Crippen molar-refractivity contribution in [1.29, 1.82) is 0 Å². The lowest BCUT2D eigenvalue weighted by Gasteiger charge is -2.16. The van der Waals surface area contributed by atoms with Crippen LogP contribution in [0, 0.1) is 0 Å². The monoisotopic (exact) mass is 159 g/mol. The summed E-state index contributed by atoms with van der Waals surface area (Å²) in [6.45, 7) is 5.36. The van der Waals surface area contributed by atoms with Gasteiger partial charge in [0.1, 0.15) is 0 Å². The van der Waals surface area contributed by atoms with Crippen molar-refractivity contribution in [3.05, 3.63) is 0 Å². The van der Waals surface area contributed by atoms with Gasteiger partial charge in [-0.2, -0.15) is 0 Å². The van der Waals surface area contributed by atoms with Gasteiger partial charge in [0.05, 0.1) is 12.2 Å². The highest BCUT2D eigenvalue weighted by atomic mass is 16.5. The molecule has 66 valence electrons. The normalized spacial score (nSPS) is 34.1. The molecule has 1 heterocycles. The fourth-order valence-electron chi connectivity index (χ4n) is 1.32. The van der Waals surface area contributed by atoms with Gasteiger partial charge in [-0.25, -0.2) is 0 Å². The van der Waals surface area contributed by atoms with Crippen LogP contribution in [0.2, 0.25) is 0 Å². The standard InChI is InChI=1S/C8H17NO2/c1-6(10)5-9-8-3-4-11-7(8)2/h6-10H,3-5H2,1-2H3/t6-,7-,8-/m0/s1. The third-order valence-corrected chi connectivity index (χ3v) is 2.05. The molecule has 1 aliphatic rings. The molecule has 0 aliphatic carbocycles. The lowest BCUT2D eigenvalue weighted by atomic mass is 10.1. The first-order valence-electron chi connectivity index (χ1n) is 4.23. The highest BCUT2D eigenvalue weighted by Crippen LogP contribution is 2.11. The molecule has 0 aromatic heterocycles. The molecule has 0 saturated carbocycles. The van der Waals surface area contributed by atoms with Crippen LogP contribution in [-0.2, 0) is 4.74 Å². The minimum absolute atomic E-state index is 0.261. The van der Waals surface area contributed by atoms with Gasteiger partial charge in [-0.1, -0.05) is 0 Å². The Kier molecular flexibility index (Phi) is 3.30. The van der Waals surface area contributed by atoms with Gasteiger partial charge in [-0.15, -0.1) is 0 Å². The Hall–Kier alpha value is -0.120. The molecule has 0 amide bonds. The molecular formula is C8H17NO2. The van der Waals surface area contributed by atoms with E-state index in [1.165, 1.54) is 0 Å². The molecule has 1 saturated heterocycles. The van der Waals surface area contributed by atoms with E-state index >= 15 is 0 Å². The van der Waals surface area contributed by atoms with Crippen LogP contribution in [0.3, 0.4) is 0 Å². The van der Waals surface area contributed by atoms with E-state index in [-0.39, 0.29) is 6.10 Å². The zero-order chi connectivity index (χ0) is 8.27. The van der Waals surface area contributed by atoms with Gasteiger partial charge in [-0.3, -0.25) is 0 Å². The van der Waals surface area contributed by atoms with E-state index in [0.717, 1.165) is 13.0 Å². The maximum Gasteiger partial charge on any atom is 0.0700 e. The number of hydrogen-bond acceptors (Lipinski definition) is 3. The summed E-state index contributed by atoms with van der Waals surface area (Å²) in [7, 11) is 0. The zero-order valence-corrected chi connectivity index (χ0v) is 7.21. The largest absolute Gasteiger partial charge is 0.392 e. The Balaban J connectivity index is 2.15. The molecule has 3 heteroatoms. The third-order valence-electron chi connectivity index (χ3n) is 2.05. The number of rotatable bonds is 3. The van der Waals surface area contributed by atoms with Crippen LogP contribution >= 0.6 is 0 Å². The van der Waals surface area contributed by atoms with Crippen molar-refractivity contribution < 1.29 is 9.84 Å². The Bertz CT molecular complexity index is 117. The number of ether oxygens (including phenoxy) is 1. The number of aliphatic hydroxyl groups excluding tert-OH is 1. The summed E-state index contributed by atoms with van der Waals surface area (Å²) in [4.78, 5) is 0. The van der Waals surface area contributed by atoms with E-state index in [1.807, 2.05) is 0 Å². The quantitative estimate of drug-likeness (QED) is 0.615. The summed E-state index contributed by atoms with van der Waals surface area (Å²) in [6, 6.07) is 0.435. The van der Waals surface area contributed by atoms with Crippen LogP contribution in [0.5, 0.6) is 0 Å². The maximum atomic E-state index is 9.00. The molecule has 1 fully saturated rings. The van der Waals surface area contributed by atoms with E-state index in [1.54, 1.807) is 6.92 Å². The lowest BCUT2D eigenvalue weighted by Crippen LogP contribution is -2.38. The van der Waals surface area contributed by atoms with Gasteiger partial charge >= 0.3 is 0 Å². The van der Waals surface area contributed by atoms with Crippen molar-refractivity contribution in [3.8, 4) is 0 Å². The molecule has 1 aliphatic heterocycles. The number of aliphatic hydroxyl groups is 1. The van der Waals surface area contributed by atoms with Crippen molar-refractivity contribution >= 4 is 0 Å². The highest BCUT2D eigenvalue weighted by Gasteiger charge is 2.23. The molecule has 0 radical (unpaired) electrons. The second-order valence-corrected chi connectivity index (χ2v) is 3.23. The molecular weight excluding hydrogens is 142 g/mol. The molecule has 0 bridgehead atoms. The zero-order valence-electron chi connectivity index (χ0n) is 7.21. The molecule has 0 aromatic rings. The van der Waals surface area contributed by atoms with Gasteiger partial charge in [0.25, 0.3) is 0 Å². The first kappa shape index (κ1) is 8.97. The minimum atomic E-state index is -0.261. The Labute approximate surface area is 67.7 Å². The van der Waals surface area contributed by atoms with Crippen LogP contribution in [0.25, 0.3) is 0 Å². The van der Waals surface area contributed by atoms with Crippen molar-refractivity contribution in [1.82, 2.24) is 5.32 Å². The number of hydrogen-bond donors (Lipinski definition) is 2. The summed E-state index contributed by atoms with van der Waals surface area (Å²) < 4.78 is 5.35. The number of nitrogens with one attached hydrogen (secondary N) is 1. The predicted molar refractivity (Wildman–Crippen MR) is 43.5 cm³/mol. The first-order chi connectivity index (χ1) is 5.20. The third kappa shape index (κ3) is 2.77. The average Bonchev–Trinajstić information content (AvgIpc) is 2.31. The molecule has 3 atom stereocenters. The van der Waals surface area contributed by atoms with Gasteiger partial charge in [0, 0.05) is 19.2 Å². The predicted octanol–water partition coefficient (Wildman–Crippen LogP) is 0.134. The van der Waals surface area contributed by atoms with Crippen LogP contribution in [0.1, 0.15) is 20.3 Å². The first-order valence-corrected chi connectivity index (χ1v) is 4.23. The molecule has 3 nitrogen and oxygen atoms in total. The van der Waals surface area contributed by atoms with E-state index in [9.17, 15) is 0 Å². The maximum absolute atomic E-state index is 9.00. The minimum Gasteiger partial charge on any atom is -0.392 e.